The van der Waals surface area contributed by atoms with Gasteiger partial charge in [-0.05, 0) is 47.7 Å². The summed E-state index contributed by atoms with van der Waals surface area (Å²) in [5.41, 5.74) is 12.3. The molecular formula is C28H25NO2. The van der Waals surface area contributed by atoms with Gasteiger partial charge in [0.25, 0.3) is 0 Å². The van der Waals surface area contributed by atoms with Crippen LogP contribution in [0.3, 0.4) is 0 Å². The van der Waals surface area contributed by atoms with Gasteiger partial charge in [0.2, 0.25) is 0 Å². The van der Waals surface area contributed by atoms with Gasteiger partial charge in [-0.2, -0.15) is 0 Å². The number of allylic oxidation sites excluding steroid dienone is 4. The predicted molar refractivity (Wildman–Crippen MR) is 125 cm³/mol. The van der Waals surface area contributed by atoms with E-state index in [0.717, 1.165) is 34.8 Å². The molecule has 0 amide bonds. The average molecular weight is 408 g/mol. The molecule has 1 aliphatic rings. The number of benzene rings is 3. The Kier molecular flexibility index (Phi) is 5.68. The quantitative estimate of drug-likeness (QED) is 0.337. The molecule has 3 aromatic rings. The third-order valence-electron chi connectivity index (χ3n) is 6.05. The lowest BCUT2D eigenvalue weighted by molar-refractivity contribution is -0.109. The third-order valence-corrected chi connectivity index (χ3v) is 6.05. The van der Waals surface area contributed by atoms with Crippen molar-refractivity contribution in [1.82, 2.24) is 0 Å². The second-order valence-electron chi connectivity index (χ2n) is 8.03. The van der Waals surface area contributed by atoms with Crippen LogP contribution in [0.2, 0.25) is 0 Å². The number of hydrogen-bond donors (Lipinski definition) is 1. The summed E-state index contributed by atoms with van der Waals surface area (Å²) in [7, 11) is 0. The van der Waals surface area contributed by atoms with E-state index in [2.05, 4.69) is 55.5 Å². The number of aldehydes is 2. The monoisotopic (exact) mass is 407 g/mol. The van der Waals surface area contributed by atoms with Crippen LogP contribution in [0.25, 0.3) is 0 Å². The first-order valence-corrected chi connectivity index (χ1v) is 10.4. The van der Waals surface area contributed by atoms with Gasteiger partial charge in [0.1, 0.15) is 12.6 Å². The minimum atomic E-state index is -0.604. The molecule has 0 spiro atoms. The minimum Gasteiger partial charge on any atom is -0.399 e. The summed E-state index contributed by atoms with van der Waals surface area (Å²) in [5, 5.41) is 0. The highest BCUT2D eigenvalue weighted by molar-refractivity contribution is 5.75. The molecule has 3 aromatic carbocycles. The van der Waals surface area contributed by atoms with Crippen LogP contribution in [0.15, 0.2) is 96.6 Å². The van der Waals surface area contributed by atoms with Gasteiger partial charge in [-0.25, -0.2) is 0 Å². The summed E-state index contributed by atoms with van der Waals surface area (Å²) in [4.78, 5) is 22.6. The Morgan fingerprint density at radius 3 is 1.87 bits per heavy atom. The topological polar surface area (TPSA) is 60.2 Å². The van der Waals surface area contributed by atoms with Gasteiger partial charge in [-0.1, -0.05) is 84.5 Å². The van der Waals surface area contributed by atoms with Crippen molar-refractivity contribution in [2.24, 2.45) is 5.92 Å². The Balaban J connectivity index is 2.04. The molecule has 0 saturated carbocycles. The number of carbonyl (C=O) groups excluding carboxylic acids is 2. The van der Waals surface area contributed by atoms with Crippen LogP contribution >= 0.6 is 0 Å². The maximum atomic E-state index is 11.3. The zero-order chi connectivity index (χ0) is 21.8. The third kappa shape index (κ3) is 3.75. The Morgan fingerprint density at radius 1 is 0.839 bits per heavy atom. The van der Waals surface area contributed by atoms with Crippen LogP contribution in [0.1, 0.15) is 39.0 Å². The smallest absolute Gasteiger partial charge is 0.150 e. The molecule has 2 N–H and O–H groups in total. The Labute approximate surface area is 182 Å². The van der Waals surface area contributed by atoms with E-state index < -0.39 is 5.41 Å². The summed E-state index contributed by atoms with van der Waals surface area (Å²) < 4.78 is 0. The molecule has 0 bridgehead atoms. The lowest BCUT2D eigenvalue weighted by atomic mass is 9.63. The van der Waals surface area contributed by atoms with Gasteiger partial charge in [0.15, 0.2) is 0 Å². The number of nitrogens with two attached hydrogens (primary N) is 1. The lowest BCUT2D eigenvalue weighted by Gasteiger charge is -2.39. The summed E-state index contributed by atoms with van der Waals surface area (Å²) in [5.74, 6) is -0.108. The van der Waals surface area contributed by atoms with Crippen LogP contribution in [0, 0.1) is 12.8 Å². The Morgan fingerprint density at radius 2 is 1.39 bits per heavy atom. The van der Waals surface area contributed by atoms with Crippen molar-refractivity contribution >= 4 is 18.3 Å². The zero-order valence-corrected chi connectivity index (χ0v) is 17.5. The van der Waals surface area contributed by atoms with Crippen LogP contribution in [0.5, 0.6) is 0 Å². The van der Waals surface area contributed by atoms with E-state index in [1.807, 2.05) is 42.5 Å². The largest absolute Gasteiger partial charge is 0.399 e. The molecule has 3 nitrogen and oxygen atoms in total. The van der Waals surface area contributed by atoms with Crippen molar-refractivity contribution in [2.45, 2.75) is 18.8 Å². The maximum absolute atomic E-state index is 11.3. The summed E-state index contributed by atoms with van der Waals surface area (Å²) >= 11 is 0. The van der Waals surface area contributed by atoms with E-state index in [0.29, 0.717) is 17.7 Å². The van der Waals surface area contributed by atoms with Crippen LogP contribution in [0.4, 0.5) is 5.69 Å². The number of rotatable bonds is 6. The van der Waals surface area contributed by atoms with Gasteiger partial charge in [-0.15, -0.1) is 0 Å². The second kappa shape index (κ2) is 8.57. The van der Waals surface area contributed by atoms with Crippen molar-refractivity contribution in [3.63, 3.8) is 0 Å². The number of aryl methyl sites for hydroxylation is 1. The standard InChI is InChI=1S/C28H25NO2/c1-20-2-8-23(9-3-20)28(26-14-16-27(29)17-15-26,24-10-4-21(18-30)5-11-24)25-12-6-22(19-31)7-13-25/h2-6,8-19,22H,7,29H2,1H3. The molecular weight excluding hydrogens is 382 g/mol. The van der Waals surface area contributed by atoms with Gasteiger partial charge >= 0.3 is 0 Å². The molecule has 4 rings (SSSR count). The fourth-order valence-corrected chi connectivity index (χ4v) is 4.36. The number of anilines is 1. The first-order chi connectivity index (χ1) is 15.1. The Bertz CT molecular complexity index is 1090. The van der Waals surface area contributed by atoms with Gasteiger partial charge in [0, 0.05) is 17.2 Å². The van der Waals surface area contributed by atoms with E-state index in [1.54, 1.807) is 0 Å². The van der Waals surface area contributed by atoms with Gasteiger partial charge in [-0.3, -0.25) is 4.79 Å². The van der Waals surface area contributed by atoms with E-state index in [9.17, 15) is 9.59 Å². The molecule has 0 saturated heterocycles. The highest BCUT2D eigenvalue weighted by atomic mass is 16.1. The van der Waals surface area contributed by atoms with E-state index in [1.165, 1.54) is 5.56 Å². The molecule has 31 heavy (non-hydrogen) atoms. The fourth-order valence-electron chi connectivity index (χ4n) is 4.36. The summed E-state index contributed by atoms with van der Waals surface area (Å²) in [6.07, 6.45) is 8.69. The number of carbonyl (C=O) groups is 2. The lowest BCUT2D eigenvalue weighted by Crippen LogP contribution is -2.32. The molecule has 0 aromatic heterocycles. The SMILES string of the molecule is Cc1ccc(C(C2=CCC(C=O)C=C2)(c2ccc(N)cc2)c2ccc(C=O)cc2)cc1. The van der Waals surface area contributed by atoms with Crippen molar-refractivity contribution in [1.29, 1.82) is 0 Å². The number of hydrogen-bond acceptors (Lipinski definition) is 3. The Hall–Kier alpha value is -3.72. The van der Waals surface area contributed by atoms with E-state index in [-0.39, 0.29) is 5.92 Å². The molecule has 0 radical (unpaired) electrons. The minimum absolute atomic E-state index is 0.108. The van der Waals surface area contributed by atoms with Crippen LogP contribution in [-0.2, 0) is 10.2 Å². The molecule has 2 atom stereocenters. The maximum Gasteiger partial charge on any atom is 0.150 e. The second-order valence-corrected chi connectivity index (χ2v) is 8.03. The molecule has 0 aliphatic heterocycles. The summed E-state index contributed by atoms with van der Waals surface area (Å²) in [6, 6.07) is 24.2. The van der Waals surface area contributed by atoms with Gasteiger partial charge in [0.05, 0.1) is 5.41 Å². The average Bonchev–Trinajstić information content (AvgIpc) is 2.82. The molecule has 3 heteroatoms. The van der Waals surface area contributed by atoms with Gasteiger partial charge < -0.3 is 10.5 Å². The van der Waals surface area contributed by atoms with E-state index >= 15 is 0 Å². The number of nitrogen functional groups attached to an aromatic ring is 1. The molecule has 1 aliphatic carbocycles. The molecule has 154 valence electrons. The van der Waals surface area contributed by atoms with Crippen molar-refractivity contribution in [3.8, 4) is 0 Å². The van der Waals surface area contributed by atoms with E-state index in [4.69, 9.17) is 5.73 Å². The first kappa shape index (κ1) is 20.5. The predicted octanol–water partition coefficient (Wildman–Crippen LogP) is 5.43. The fraction of sp³-hybridized carbons (Fsp3) is 0.143. The highest BCUT2D eigenvalue weighted by Gasteiger charge is 2.39. The highest BCUT2D eigenvalue weighted by Crippen LogP contribution is 2.47. The molecule has 0 heterocycles. The van der Waals surface area contributed by atoms with Crippen molar-refractivity contribution in [3.05, 3.63) is 124 Å². The summed E-state index contributed by atoms with van der Waals surface area (Å²) in [6.45, 7) is 2.07. The van der Waals surface area contributed by atoms with Crippen molar-refractivity contribution < 1.29 is 9.59 Å². The van der Waals surface area contributed by atoms with Crippen LogP contribution in [-0.4, -0.2) is 12.6 Å². The van der Waals surface area contributed by atoms with Crippen LogP contribution < -0.4 is 5.73 Å². The zero-order valence-electron chi connectivity index (χ0n) is 17.5. The molecule has 2 unspecified atom stereocenters. The molecule has 0 fully saturated rings. The normalized spacial score (nSPS) is 17.5. The van der Waals surface area contributed by atoms with Crippen molar-refractivity contribution in [2.75, 3.05) is 5.73 Å². The first-order valence-electron chi connectivity index (χ1n) is 10.4.